The SMILES string of the molecule is CCCC/C=C\CCCCCCCC(=O)OCC(COC(=O)CCCCCCCCCCCCCCCCCCCCCCC)OC(=O)CCCCCCCCC/C=C\C/C=C\CCCCC. The van der Waals surface area contributed by atoms with Gasteiger partial charge in [0.25, 0.3) is 0 Å². The molecule has 0 bridgehead atoms. The Bertz CT molecular complexity index is 1130. The molecule has 0 radical (unpaired) electrons. The maximum Gasteiger partial charge on any atom is 0.306 e. The van der Waals surface area contributed by atoms with E-state index >= 15 is 0 Å². The highest BCUT2D eigenvalue weighted by atomic mass is 16.6. The normalized spacial score (nSPS) is 12.2. The number of hydrogen-bond donors (Lipinski definition) is 0. The molecule has 0 aromatic heterocycles. The minimum Gasteiger partial charge on any atom is -0.462 e. The number of carbonyl (C=O) groups excluding carboxylic acids is 3. The summed E-state index contributed by atoms with van der Waals surface area (Å²) >= 11 is 0. The molecule has 0 aliphatic carbocycles. The lowest BCUT2D eigenvalue weighted by atomic mass is 10.0. The molecule has 67 heavy (non-hydrogen) atoms. The first-order valence-electron chi connectivity index (χ1n) is 29.5. The van der Waals surface area contributed by atoms with E-state index in [9.17, 15) is 14.4 Å². The molecule has 0 fully saturated rings. The second kappa shape index (κ2) is 56.2. The summed E-state index contributed by atoms with van der Waals surface area (Å²) in [5.74, 6) is -0.876. The zero-order chi connectivity index (χ0) is 48.6. The molecule has 0 saturated carbocycles. The summed E-state index contributed by atoms with van der Waals surface area (Å²) < 4.78 is 16.9. The Hall–Kier alpha value is -2.37. The Labute approximate surface area is 416 Å². The zero-order valence-electron chi connectivity index (χ0n) is 44.9. The van der Waals surface area contributed by atoms with E-state index in [2.05, 4.69) is 57.2 Å². The Balaban J connectivity index is 4.27. The summed E-state index contributed by atoms with van der Waals surface area (Å²) in [4.78, 5) is 38.1. The standard InChI is InChI=1S/C61H112O6/c1-4-7-10-13-16-19-22-24-26-28-29-30-31-33-34-36-39-42-45-48-51-54-60(63)66-57-58(56-65-59(62)53-50-47-44-41-38-21-18-15-12-9-6-3)67-61(64)55-52-49-46-43-40-37-35-32-27-25-23-20-17-14-11-8-5-2/h15,17-18,20,25,27,58H,4-14,16,19,21-24,26,28-57H2,1-3H3/b18-15-,20-17-,27-25-. The van der Waals surface area contributed by atoms with Gasteiger partial charge >= 0.3 is 17.9 Å². The van der Waals surface area contributed by atoms with Crippen LogP contribution in [0, 0.1) is 0 Å². The van der Waals surface area contributed by atoms with Gasteiger partial charge in [0.2, 0.25) is 0 Å². The van der Waals surface area contributed by atoms with Gasteiger partial charge in [-0.3, -0.25) is 14.4 Å². The van der Waals surface area contributed by atoms with E-state index in [-0.39, 0.29) is 31.1 Å². The van der Waals surface area contributed by atoms with E-state index in [4.69, 9.17) is 14.2 Å². The number of esters is 3. The van der Waals surface area contributed by atoms with Crippen molar-refractivity contribution in [1.29, 1.82) is 0 Å². The Morgan fingerprint density at radius 1 is 0.299 bits per heavy atom. The summed E-state index contributed by atoms with van der Waals surface area (Å²) in [7, 11) is 0. The van der Waals surface area contributed by atoms with Crippen molar-refractivity contribution in [2.24, 2.45) is 0 Å². The van der Waals surface area contributed by atoms with Gasteiger partial charge in [0, 0.05) is 19.3 Å². The first kappa shape index (κ1) is 64.6. The van der Waals surface area contributed by atoms with E-state index < -0.39 is 6.10 Å². The molecule has 1 atom stereocenters. The van der Waals surface area contributed by atoms with Gasteiger partial charge in [-0.25, -0.2) is 0 Å². The maximum absolute atomic E-state index is 12.8. The summed E-state index contributed by atoms with van der Waals surface area (Å²) in [6.07, 6.45) is 67.1. The molecular formula is C61H112O6. The topological polar surface area (TPSA) is 78.9 Å². The lowest BCUT2D eigenvalue weighted by Crippen LogP contribution is -2.30. The largest absolute Gasteiger partial charge is 0.462 e. The predicted octanol–water partition coefficient (Wildman–Crippen LogP) is 19.7. The second-order valence-corrected chi connectivity index (χ2v) is 19.9. The van der Waals surface area contributed by atoms with Gasteiger partial charge < -0.3 is 14.2 Å². The molecule has 6 heteroatoms. The lowest BCUT2D eigenvalue weighted by molar-refractivity contribution is -0.167. The molecule has 0 aromatic carbocycles. The van der Waals surface area contributed by atoms with E-state index in [1.165, 1.54) is 199 Å². The van der Waals surface area contributed by atoms with Crippen molar-refractivity contribution in [1.82, 2.24) is 0 Å². The summed E-state index contributed by atoms with van der Waals surface area (Å²) in [5, 5.41) is 0. The van der Waals surface area contributed by atoms with Gasteiger partial charge in [-0.05, 0) is 70.6 Å². The van der Waals surface area contributed by atoms with Crippen LogP contribution in [0.2, 0.25) is 0 Å². The minimum atomic E-state index is -0.777. The Morgan fingerprint density at radius 3 is 0.910 bits per heavy atom. The van der Waals surface area contributed by atoms with Gasteiger partial charge in [0.15, 0.2) is 6.10 Å². The average Bonchev–Trinajstić information content (AvgIpc) is 3.33. The van der Waals surface area contributed by atoms with E-state index in [1.54, 1.807) is 0 Å². The number of unbranched alkanes of at least 4 members (excludes halogenated alkanes) is 37. The molecule has 0 amide bonds. The first-order valence-corrected chi connectivity index (χ1v) is 29.5. The molecule has 0 rings (SSSR count). The molecule has 0 N–H and O–H groups in total. The predicted molar refractivity (Wildman–Crippen MR) is 289 cm³/mol. The molecule has 0 aliphatic rings. The Kier molecular flexibility index (Phi) is 54.2. The minimum absolute atomic E-state index is 0.0745. The molecule has 1 unspecified atom stereocenters. The van der Waals surface area contributed by atoms with Crippen LogP contribution in [0.1, 0.15) is 316 Å². The average molecular weight is 942 g/mol. The zero-order valence-corrected chi connectivity index (χ0v) is 44.9. The van der Waals surface area contributed by atoms with Crippen LogP contribution in [0.4, 0.5) is 0 Å². The van der Waals surface area contributed by atoms with Crippen LogP contribution in [0.15, 0.2) is 36.5 Å². The van der Waals surface area contributed by atoms with Crippen molar-refractivity contribution in [3.63, 3.8) is 0 Å². The smallest absolute Gasteiger partial charge is 0.306 e. The number of ether oxygens (including phenoxy) is 3. The number of hydrogen-bond acceptors (Lipinski definition) is 6. The van der Waals surface area contributed by atoms with Crippen molar-refractivity contribution in [2.75, 3.05) is 13.2 Å². The van der Waals surface area contributed by atoms with Crippen molar-refractivity contribution in [3.05, 3.63) is 36.5 Å². The van der Waals surface area contributed by atoms with Gasteiger partial charge in [-0.1, -0.05) is 263 Å². The second-order valence-electron chi connectivity index (χ2n) is 19.9. The molecule has 6 nitrogen and oxygen atoms in total. The number of rotatable bonds is 54. The van der Waals surface area contributed by atoms with Crippen LogP contribution >= 0.6 is 0 Å². The summed E-state index contributed by atoms with van der Waals surface area (Å²) in [6, 6.07) is 0. The van der Waals surface area contributed by atoms with E-state index in [0.29, 0.717) is 19.3 Å². The van der Waals surface area contributed by atoms with Crippen LogP contribution in [-0.4, -0.2) is 37.2 Å². The quantitative estimate of drug-likeness (QED) is 0.0262. The highest BCUT2D eigenvalue weighted by Gasteiger charge is 2.19. The summed E-state index contributed by atoms with van der Waals surface area (Å²) in [5.41, 5.74) is 0. The highest BCUT2D eigenvalue weighted by molar-refractivity contribution is 5.71. The fraction of sp³-hybridized carbons (Fsp3) is 0.852. The molecule has 0 spiro atoms. The van der Waals surface area contributed by atoms with Crippen molar-refractivity contribution < 1.29 is 28.6 Å². The third-order valence-corrected chi connectivity index (χ3v) is 13.1. The van der Waals surface area contributed by atoms with Crippen molar-refractivity contribution in [3.8, 4) is 0 Å². The number of allylic oxidation sites excluding steroid dienone is 6. The molecule has 0 saturated heterocycles. The molecule has 392 valence electrons. The van der Waals surface area contributed by atoms with Gasteiger partial charge in [0.1, 0.15) is 13.2 Å². The summed E-state index contributed by atoms with van der Waals surface area (Å²) in [6.45, 7) is 6.61. The third-order valence-electron chi connectivity index (χ3n) is 13.1. The van der Waals surface area contributed by atoms with Gasteiger partial charge in [-0.15, -0.1) is 0 Å². The fourth-order valence-corrected chi connectivity index (χ4v) is 8.63. The molecule has 0 heterocycles. The molecule has 0 aromatic rings. The Morgan fingerprint density at radius 2 is 0.552 bits per heavy atom. The first-order chi connectivity index (χ1) is 33.0. The monoisotopic (exact) mass is 941 g/mol. The highest BCUT2D eigenvalue weighted by Crippen LogP contribution is 2.17. The third kappa shape index (κ3) is 54.4. The van der Waals surface area contributed by atoms with Crippen LogP contribution < -0.4 is 0 Å². The van der Waals surface area contributed by atoms with E-state index in [1.807, 2.05) is 0 Å². The van der Waals surface area contributed by atoms with Crippen LogP contribution in [0.5, 0.6) is 0 Å². The van der Waals surface area contributed by atoms with E-state index in [0.717, 1.165) is 77.0 Å². The maximum atomic E-state index is 12.8. The molecule has 0 aliphatic heterocycles. The lowest BCUT2D eigenvalue weighted by Gasteiger charge is -2.18. The van der Waals surface area contributed by atoms with Crippen molar-refractivity contribution >= 4 is 17.9 Å². The molecular weight excluding hydrogens is 829 g/mol. The van der Waals surface area contributed by atoms with Gasteiger partial charge in [0.05, 0.1) is 0 Å². The van der Waals surface area contributed by atoms with Crippen LogP contribution in [0.3, 0.4) is 0 Å². The van der Waals surface area contributed by atoms with Crippen molar-refractivity contribution in [2.45, 2.75) is 322 Å². The number of carbonyl (C=O) groups is 3. The van der Waals surface area contributed by atoms with Crippen LogP contribution in [0.25, 0.3) is 0 Å². The van der Waals surface area contributed by atoms with Crippen LogP contribution in [-0.2, 0) is 28.6 Å². The van der Waals surface area contributed by atoms with Gasteiger partial charge in [-0.2, -0.15) is 0 Å². The fourth-order valence-electron chi connectivity index (χ4n) is 8.63.